The molecule has 41 heavy (non-hydrogen) atoms. The third kappa shape index (κ3) is 5.88. The number of pyridine rings is 2. The van der Waals surface area contributed by atoms with Gasteiger partial charge in [0.15, 0.2) is 5.75 Å². The van der Waals surface area contributed by atoms with Crippen LogP contribution < -0.4 is 15.6 Å². The lowest BCUT2D eigenvalue weighted by atomic mass is 9.83. The normalized spacial score (nSPS) is 18.1. The molecule has 1 amide bonds. The number of carbonyl (C=O) groups excluding carboxylic acids is 1. The van der Waals surface area contributed by atoms with Crippen molar-refractivity contribution in [1.82, 2.24) is 29.6 Å². The van der Waals surface area contributed by atoms with E-state index in [0.717, 1.165) is 53.0 Å². The zero-order valence-corrected chi connectivity index (χ0v) is 24.3. The first-order chi connectivity index (χ1) is 19.7. The molecule has 4 aromatic heterocycles. The van der Waals surface area contributed by atoms with Crippen LogP contribution in [0.25, 0.3) is 11.0 Å². The maximum absolute atomic E-state index is 13.6. The number of aryl methyl sites for hydroxylation is 1. The number of amides is 1. The van der Waals surface area contributed by atoms with E-state index in [9.17, 15) is 18.4 Å². The van der Waals surface area contributed by atoms with Crippen molar-refractivity contribution in [3.8, 4) is 5.75 Å². The van der Waals surface area contributed by atoms with E-state index in [-0.39, 0.29) is 30.2 Å². The predicted octanol–water partition coefficient (Wildman–Crippen LogP) is 5.78. The molecule has 4 heterocycles. The summed E-state index contributed by atoms with van der Waals surface area (Å²) in [5, 5.41) is 7.38. The lowest BCUT2D eigenvalue weighted by Gasteiger charge is -2.33. The molecule has 12 heteroatoms. The van der Waals surface area contributed by atoms with Crippen LogP contribution in [0, 0.1) is 19.8 Å². The van der Waals surface area contributed by atoms with Gasteiger partial charge in [0.05, 0.1) is 24.1 Å². The fourth-order valence-electron chi connectivity index (χ4n) is 5.92. The summed E-state index contributed by atoms with van der Waals surface area (Å²) in [7, 11) is 0. The molecule has 0 aliphatic heterocycles. The number of fused-ring (bicyclic) bond motifs is 1. The summed E-state index contributed by atoms with van der Waals surface area (Å²) in [6.45, 7) is 3.35. The predicted molar refractivity (Wildman–Crippen MR) is 154 cm³/mol. The lowest BCUT2D eigenvalue weighted by molar-refractivity contribution is 0.0557. The lowest BCUT2D eigenvalue weighted by Crippen LogP contribution is -2.29. The van der Waals surface area contributed by atoms with Gasteiger partial charge >= 0.3 is 6.55 Å². The summed E-state index contributed by atoms with van der Waals surface area (Å²) in [6, 6.07) is 5.71. The summed E-state index contributed by atoms with van der Waals surface area (Å²) < 4.78 is 34.3. The van der Waals surface area contributed by atoms with E-state index in [1.807, 2.05) is 38.3 Å². The molecule has 1 aliphatic carbocycles. The SMILES string of the molecule is CSc1cc(C)[nH]c(=O)c1CNC(=O)c1c(C)n(C(C)C2CCC(Oc3cnn(C(F)F)c3)CC2)c2ncccc12. The fourth-order valence-corrected chi connectivity index (χ4v) is 6.62. The summed E-state index contributed by atoms with van der Waals surface area (Å²) in [5.41, 5.74) is 3.23. The van der Waals surface area contributed by atoms with Crippen molar-refractivity contribution in [3.63, 3.8) is 0 Å². The molecule has 0 aromatic carbocycles. The van der Waals surface area contributed by atoms with E-state index in [4.69, 9.17) is 4.74 Å². The number of alkyl halides is 2. The average molecular weight is 585 g/mol. The fraction of sp³-hybridized carbons (Fsp3) is 0.448. The molecule has 218 valence electrons. The van der Waals surface area contributed by atoms with Gasteiger partial charge in [-0.15, -0.1) is 11.8 Å². The number of ether oxygens (including phenoxy) is 1. The average Bonchev–Trinajstić information content (AvgIpc) is 3.54. The Morgan fingerprint density at radius 2 is 2.02 bits per heavy atom. The Kier molecular flexibility index (Phi) is 8.48. The van der Waals surface area contributed by atoms with Crippen LogP contribution in [-0.4, -0.2) is 42.6 Å². The Morgan fingerprint density at radius 1 is 1.27 bits per heavy atom. The standard InChI is InChI=1S/C29H34F2N6O3S/c1-16-12-24(41-4)23(27(38)35-16)14-33-28(39)25-18(3)37(26-22(25)6-5-11-32-26)17(2)19-7-9-20(10-8-19)40-21-13-34-36(15-21)29(30)31/h5-6,11-13,15,17,19-20,29H,7-10,14H2,1-4H3,(H,33,39)(H,35,38). The van der Waals surface area contributed by atoms with Crippen molar-refractivity contribution in [2.45, 2.75) is 76.6 Å². The van der Waals surface area contributed by atoms with Gasteiger partial charge in [-0.25, -0.2) is 9.67 Å². The molecule has 1 aliphatic rings. The van der Waals surface area contributed by atoms with E-state index < -0.39 is 6.55 Å². The van der Waals surface area contributed by atoms with E-state index in [2.05, 4.69) is 31.9 Å². The van der Waals surface area contributed by atoms with Crippen LogP contribution in [0.1, 0.15) is 72.5 Å². The van der Waals surface area contributed by atoms with Crippen molar-refractivity contribution in [2.24, 2.45) is 5.92 Å². The van der Waals surface area contributed by atoms with E-state index in [1.54, 1.807) is 6.20 Å². The van der Waals surface area contributed by atoms with Crippen LogP contribution >= 0.6 is 11.8 Å². The van der Waals surface area contributed by atoms with Crippen molar-refractivity contribution >= 4 is 28.7 Å². The third-order valence-electron chi connectivity index (χ3n) is 8.00. The van der Waals surface area contributed by atoms with Crippen LogP contribution in [0.3, 0.4) is 0 Å². The second kappa shape index (κ2) is 12.1. The number of aromatic amines is 1. The molecule has 0 radical (unpaired) electrons. The summed E-state index contributed by atoms with van der Waals surface area (Å²) >= 11 is 1.47. The molecular formula is C29H34F2N6O3S. The molecule has 0 saturated heterocycles. The maximum atomic E-state index is 13.6. The highest BCUT2D eigenvalue weighted by Gasteiger charge is 2.31. The highest BCUT2D eigenvalue weighted by molar-refractivity contribution is 7.98. The van der Waals surface area contributed by atoms with Crippen molar-refractivity contribution in [1.29, 1.82) is 0 Å². The molecule has 1 saturated carbocycles. The van der Waals surface area contributed by atoms with Gasteiger partial charge in [-0.1, -0.05) is 0 Å². The highest BCUT2D eigenvalue weighted by Crippen LogP contribution is 2.38. The molecular weight excluding hydrogens is 550 g/mol. The van der Waals surface area contributed by atoms with Gasteiger partial charge in [0, 0.05) is 46.0 Å². The molecule has 0 bridgehead atoms. The number of nitrogens with zero attached hydrogens (tertiary/aromatic N) is 4. The number of aromatic nitrogens is 5. The molecule has 2 N–H and O–H groups in total. The maximum Gasteiger partial charge on any atom is 0.333 e. The third-order valence-corrected chi connectivity index (χ3v) is 8.80. The van der Waals surface area contributed by atoms with Gasteiger partial charge in [0.1, 0.15) is 5.65 Å². The van der Waals surface area contributed by atoms with E-state index in [1.165, 1.54) is 24.2 Å². The first-order valence-electron chi connectivity index (χ1n) is 13.7. The van der Waals surface area contributed by atoms with Crippen LogP contribution in [0.5, 0.6) is 5.75 Å². The van der Waals surface area contributed by atoms with Gasteiger partial charge < -0.3 is 19.6 Å². The first-order valence-corrected chi connectivity index (χ1v) is 14.9. The van der Waals surface area contributed by atoms with Gasteiger partial charge in [-0.05, 0) is 76.8 Å². The number of nitrogens with one attached hydrogen (secondary N) is 2. The van der Waals surface area contributed by atoms with Crippen LogP contribution in [0.2, 0.25) is 0 Å². The van der Waals surface area contributed by atoms with Crippen LogP contribution in [0.15, 0.2) is 46.5 Å². The van der Waals surface area contributed by atoms with Gasteiger partial charge in [-0.3, -0.25) is 9.59 Å². The Labute approximate surface area is 240 Å². The van der Waals surface area contributed by atoms with Gasteiger partial charge in [0.25, 0.3) is 11.5 Å². The van der Waals surface area contributed by atoms with E-state index in [0.29, 0.717) is 27.5 Å². The Morgan fingerprint density at radius 3 is 2.71 bits per heavy atom. The Balaban J connectivity index is 1.32. The molecule has 1 unspecified atom stereocenters. The van der Waals surface area contributed by atoms with Crippen molar-refractivity contribution in [2.75, 3.05) is 6.26 Å². The smallest absolute Gasteiger partial charge is 0.333 e. The van der Waals surface area contributed by atoms with Crippen LogP contribution in [0.4, 0.5) is 8.78 Å². The highest BCUT2D eigenvalue weighted by atomic mass is 32.2. The molecule has 5 rings (SSSR count). The summed E-state index contributed by atoms with van der Waals surface area (Å²) in [4.78, 5) is 34.5. The number of carbonyl (C=O) groups is 1. The largest absolute Gasteiger partial charge is 0.487 e. The van der Waals surface area contributed by atoms with Gasteiger partial charge in [-0.2, -0.15) is 13.9 Å². The second-order valence-corrected chi connectivity index (χ2v) is 11.4. The minimum atomic E-state index is -2.69. The number of rotatable bonds is 9. The quantitative estimate of drug-likeness (QED) is 0.242. The topological polar surface area (TPSA) is 107 Å². The van der Waals surface area contributed by atoms with Crippen molar-refractivity contribution < 1.29 is 18.3 Å². The monoisotopic (exact) mass is 584 g/mol. The number of thioether (sulfide) groups is 1. The zero-order valence-electron chi connectivity index (χ0n) is 23.5. The molecule has 4 aromatic rings. The first kappa shape index (κ1) is 28.8. The number of H-pyrrole nitrogens is 1. The van der Waals surface area contributed by atoms with Crippen molar-refractivity contribution in [3.05, 3.63) is 69.7 Å². The number of hydrogen-bond acceptors (Lipinski definition) is 6. The summed E-state index contributed by atoms with van der Waals surface area (Å²) in [6.07, 6.45) is 9.47. The second-order valence-electron chi connectivity index (χ2n) is 10.5. The van der Waals surface area contributed by atoms with Crippen LogP contribution in [-0.2, 0) is 6.54 Å². The number of halogens is 2. The van der Waals surface area contributed by atoms with Gasteiger partial charge in [0.2, 0.25) is 0 Å². The minimum absolute atomic E-state index is 0.0631. The summed E-state index contributed by atoms with van der Waals surface area (Å²) in [5.74, 6) is 0.423. The number of hydrogen-bond donors (Lipinski definition) is 2. The Hall–Kier alpha value is -3.67. The zero-order chi connectivity index (χ0) is 29.3. The molecule has 9 nitrogen and oxygen atoms in total. The molecule has 1 atom stereocenters. The minimum Gasteiger partial charge on any atom is -0.487 e. The Bertz CT molecular complexity index is 1610. The molecule has 1 fully saturated rings. The molecule has 0 spiro atoms. The van der Waals surface area contributed by atoms with E-state index >= 15 is 0 Å².